The Morgan fingerprint density at radius 2 is 1.81 bits per heavy atom. The Morgan fingerprint density at radius 1 is 1.00 bits per heavy atom. The Balaban J connectivity index is 1.36. The van der Waals surface area contributed by atoms with Crippen molar-refractivity contribution >= 4 is 16.7 Å². The van der Waals surface area contributed by atoms with E-state index in [2.05, 4.69) is 52.7 Å². The van der Waals surface area contributed by atoms with Crippen LogP contribution in [0.1, 0.15) is 27.9 Å². The summed E-state index contributed by atoms with van der Waals surface area (Å²) >= 11 is 0. The van der Waals surface area contributed by atoms with Gasteiger partial charge in [-0.1, -0.05) is 60.7 Å². The topological polar surface area (TPSA) is 41.6 Å². The molecule has 1 fully saturated rings. The largest absolute Gasteiger partial charge is 0.350 e. The summed E-state index contributed by atoms with van der Waals surface area (Å²) in [5.74, 6) is -0.0323. The standard InChI is InChI=1S/C23H22N2O2/c26-22-21-11-4-2-7-19(21)15-27-23(24-22)12-13-25(16-23)14-18-9-5-8-17-6-1-3-10-20(17)18/h1-11H,12-16H2,(H,24,26). The van der Waals surface area contributed by atoms with E-state index in [1.165, 1.54) is 16.3 Å². The zero-order chi connectivity index (χ0) is 18.3. The molecule has 0 aliphatic carbocycles. The predicted octanol–water partition coefficient (Wildman–Crippen LogP) is 3.70. The van der Waals surface area contributed by atoms with Crippen LogP contribution in [0.15, 0.2) is 66.7 Å². The molecule has 1 spiro atoms. The van der Waals surface area contributed by atoms with Crippen molar-refractivity contribution in [2.24, 2.45) is 0 Å². The molecule has 0 saturated carbocycles. The highest BCUT2D eigenvalue weighted by molar-refractivity contribution is 5.96. The lowest BCUT2D eigenvalue weighted by Gasteiger charge is -2.29. The molecule has 0 aromatic heterocycles. The van der Waals surface area contributed by atoms with Gasteiger partial charge in [-0.2, -0.15) is 0 Å². The molecule has 2 aliphatic heterocycles. The summed E-state index contributed by atoms with van der Waals surface area (Å²) in [6, 6.07) is 22.6. The van der Waals surface area contributed by atoms with E-state index in [4.69, 9.17) is 4.74 Å². The molecule has 27 heavy (non-hydrogen) atoms. The smallest absolute Gasteiger partial charge is 0.253 e. The van der Waals surface area contributed by atoms with Crippen LogP contribution in [0.4, 0.5) is 0 Å². The van der Waals surface area contributed by atoms with E-state index in [0.717, 1.165) is 30.6 Å². The Hall–Kier alpha value is -2.69. The van der Waals surface area contributed by atoms with Gasteiger partial charge >= 0.3 is 0 Å². The molecular weight excluding hydrogens is 336 g/mol. The second kappa shape index (κ2) is 6.48. The molecule has 1 unspecified atom stereocenters. The van der Waals surface area contributed by atoms with E-state index in [0.29, 0.717) is 13.2 Å². The molecule has 1 amide bonds. The zero-order valence-corrected chi connectivity index (χ0v) is 15.2. The van der Waals surface area contributed by atoms with Crippen molar-refractivity contribution in [2.45, 2.75) is 25.3 Å². The lowest BCUT2D eigenvalue weighted by atomic mass is 10.0. The Morgan fingerprint density at radius 3 is 2.78 bits per heavy atom. The zero-order valence-electron chi connectivity index (χ0n) is 15.2. The average molecular weight is 358 g/mol. The number of rotatable bonds is 2. The number of nitrogens with zero attached hydrogens (tertiary/aromatic N) is 1. The quantitative estimate of drug-likeness (QED) is 0.759. The van der Waals surface area contributed by atoms with Gasteiger partial charge in [0.25, 0.3) is 5.91 Å². The number of carbonyl (C=O) groups is 1. The highest BCUT2D eigenvalue weighted by Crippen LogP contribution is 2.30. The summed E-state index contributed by atoms with van der Waals surface area (Å²) in [6.07, 6.45) is 0.803. The van der Waals surface area contributed by atoms with Crippen molar-refractivity contribution in [2.75, 3.05) is 13.1 Å². The normalized spacial score (nSPS) is 22.6. The first-order chi connectivity index (χ1) is 13.2. The van der Waals surface area contributed by atoms with E-state index in [-0.39, 0.29) is 5.91 Å². The number of hydrogen-bond acceptors (Lipinski definition) is 3. The number of fused-ring (bicyclic) bond motifs is 2. The maximum Gasteiger partial charge on any atom is 0.253 e. The second-order valence-electron chi connectivity index (χ2n) is 7.49. The maximum atomic E-state index is 12.7. The molecule has 0 radical (unpaired) electrons. The molecule has 1 N–H and O–H groups in total. The van der Waals surface area contributed by atoms with Crippen LogP contribution < -0.4 is 5.32 Å². The minimum Gasteiger partial charge on any atom is -0.350 e. The third-order valence-electron chi connectivity index (χ3n) is 5.69. The third kappa shape index (κ3) is 3.01. The molecule has 3 aromatic carbocycles. The van der Waals surface area contributed by atoms with Gasteiger partial charge in [0.15, 0.2) is 5.72 Å². The number of nitrogens with one attached hydrogen (secondary N) is 1. The van der Waals surface area contributed by atoms with Gasteiger partial charge in [-0.3, -0.25) is 9.69 Å². The van der Waals surface area contributed by atoms with Crippen LogP contribution in [-0.4, -0.2) is 29.6 Å². The SMILES string of the molecule is O=C1NC2(CCN(Cc3cccc4ccccc34)C2)OCc2ccccc21. The van der Waals surface area contributed by atoms with Crippen LogP contribution in [0.2, 0.25) is 0 Å². The van der Waals surface area contributed by atoms with E-state index in [1.54, 1.807) is 0 Å². The number of carbonyl (C=O) groups excluding carboxylic acids is 1. The summed E-state index contributed by atoms with van der Waals surface area (Å²) in [7, 11) is 0. The monoisotopic (exact) mass is 358 g/mol. The minimum atomic E-state index is -0.597. The van der Waals surface area contributed by atoms with E-state index < -0.39 is 5.72 Å². The van der Waals surface area contributed by atoms with E-state index in [1.807, 2.05) is 24.3 Å². The van der Waals surface area contributed by atoms with E-state index >= 15 is 0 Å². The first-order valence-electron chi connectivity index (χ1n) is 9.46. The Bertz CT molecular complexity index is 1010. The van der Waals surface area contributed by atoms with Crippen molar-refractivity contribution in [3.05, 3.63) is 83.4 Å². The van der Waals surface area contributed by atoms with Gasteiger partial charge in [0.2, 0.25) is 0 Å². The predicted molar refractivity (Wildman–Crippen MR) is 105 cm³/mol. The summed E-state index contributed by atoms with van der Waals surface area (Å²) in [5, 5.41) is 5.71. The maximum absolute atomic E-state index is 12.7. The first kappa shape index (κ1) is 16.5. The van der Waals surface area contributed by atoms with Crippen molar-refractivity contribution < 1.29 is 9.53 Å². The highest BCUT2D eigenvalue weighted by atomic mass is 16.5. The lowest BCUT2D eigenvalue weighted by molar-refractivity contribution is -0.0629. The van der Waals surface area contributed by atoms with Crippen molar-refractivity contribution in [3.8, 4) is 0 Å². The fraction of sp³-hybridized carbons (Fsp3) is 0.261. The Labute approximate surface area is 158 Å². The number of ether oxygens (including phenoxy) is 1. The fourth-order valence-electron chi connectivity index (χ4n) is 4.28. The molecule has 1 atom stereocenters. The molecule has 0 bridgehead atoms. The highest BCUT2D eigenvalue weighted by Gasteiger charge is 2.42. The molecular formula is C23H22N2O2. The molecule has 1 saturated heterocycles. The van der Waals surface area contributed by atoms with Crippen molar-refractivity contribution in [3.63, 3.8) is 0 Å². The molecule has 4 nitrogen and oxygen atoms in total. The van der Waals surface area contributed by atoms with Crippen LogP contribution in [-0.2, 0) is 17.9 Å². The molecule has 4 heteroatoms. The average Bonchev–Trinajstić information content (AvgIpc) is 3.03. The summed E-state index contributed by atoms with van der Waals surface area (Å²) < 4.78 is 6.23. The molecule has 2 aliphatic rings. The van der Waals surface area contributed by atoms with Crippen molar-refractivity contribution in [1.82, 2.24) is 10.2 Å². The second-order valence-corrected chi connectivity index (χ2v) is 7.49. The molecule has 3 aromatic rings. The van der Waals surface area contributed by atoms with Gasteiger partial charge < -0.3 is 10.1 Å². The summed E-state index contributed by atoms with van der Waals surface area (Å²) in [5.41, 5.74) is 2.40. The Kier molecular flexibility index (Phi) is 3.96. The van der Waals surface area contributed by atoms with Crippen LogP contribution in [0.25, 0.3) is 10.8 Å². The number of likely N-dealkylation sites (tertiary alicyclic amines) is 1. The van der Waals surface area contributed by atoms with Gasteiger partial charge in [-0.05, 0) is 28.0 Å². The van der Waals surface area contributed by atoms with Crippen LogP contribution in [0, 0.1) is 0 Å². The van der Waals surface area contributed by atoms with Crippen molar-refractivity contribution in [1.29, 1.82) is 0 Å². The van der Waals surface area contributed by atoms with Gasteiger partial charge in [0.1, 0.15) is 0 Å². The minimum absolute atomic E-state index is 0.0323. The summed E-state index contributed by atoms with van der Waals surface area (Å²) in [6.45, 7) is 2.93. The van der Waals surface area contributed by atoms with Crippen LogP contribution in [0.3, 0.4) is 0 Å². The van der Waals surface area contributed by atoms with Gasteiger partial charge in [0.05, 0.1) is 6.61 Å². The third-order valence-corrected chi connectivity index (χ3v) is 5.69. The van der Waals surface area contributed by atoms with Crippen LogP contribution >= 0.6 is 0 Å². The molecule has 5 rings (SSSR count). The number of hydrogen-bond donors (Lipinski definition) is 1. The number of amides is 1. The van der Waals surface area contributed by atoms with Gasteiger partial charge in [-0.15, -0.1) is 0 Å². The molecule has 136 valence electrons. The van der Waals surface area contributed by atoms with E-state index in [9.17, 15) is 4.79 Å². The lowest BCUT2D eigenvalue weighted by Crippen LogP contribution is -2.51. The molecule has 2 heterocycles. The van der Waals surface area contributed by atoms with Gasteiger partial charge in [0, 0.05) is 31.6 Å². The van der Waals surface area contributed by atoms with Crippen LogP contribution in [0.5, 0.6) is 0 Å². The first-order valence-corrected chi connectivity index (χ1v) is 9.46. The number of benzene rings is 3. The van der Waals surface area contributed by atoms with Gasteiger partial charge in [-0.25, -0.2) is 0 Å². The fourth-order valence-corrected chi connectivity index (χ4v) is 4.28. The summed E-state index contributed by atoms with van der Waals surface area (Å²) in [4.78, 5) is 15.1.